The van der Waals surface area contributed by atoms with E-state index >= 15 is 0 Å². The lowest BCUT2D eigenvalue weighted by molar-refractivity contribution is 0.122. The lowest BCUT2D eigenvalue weighted by Gasteiger charge is -2.27. The van der Waals surface area contributed by atoms with Gasteiger partial charge >= 0.3 is 0 Å². The quantitative estimate of drug-likeness (QED) is 0.567. The number of anilines is 1. The van der Waals surface area contributed by atoms with Gasteiger partial charge in [-0.2, -0.15) is 0 Å². The summed E-state index contributed by atoms with van der Waals surface area (Å²) in [6, 6.07) is 7.54. The van der Waals surface area contributed by atoms with E-state index in [1.807, 2.05) is 24.4 Å². The number of ether oxygens (including phenoxy) is 2. The van der Waals surface area contributed by atoms with Crippen LogP contribution in [0.2, 0.25) is 0 Å². The number of nitrogens with zero attached hydrogens (tertiary/aromatic N) is 6. The van der Waals surface area contributed by atoms with Crippen molar-refractivity contribution in [1.82, 2.24) is 30.1 Å². The van der Waals surface area contributed by atoms with Crippen LogP contribution in [-0.4, -0.2) is 63.5 Å². The molecule has 0 unspecified atom stereocenters. The Labute approximate surface area is 166 Å². The normalized spacial score (nSPS) is 14.3. The number of morpholine rings is 1. The van der Waals surface area contributed by atoms with E-state index in [1.54, 1.807) is 25.6 Å². The van der Waals surface area contributed by atoms with Gasteiger partial charge in [0.25, 0.3) is 0 Å². The second-order valence-electron chi connectivity index (χ2n) is 6.59. The number of pyridine rings is 1. The number of aromatic amines is 1. The van der Waals surface area contributed by atoms with Crippen LogP contribution in [0.3, 0.4) is 0 Å². The molecule has 1 fully saturated rings. The average Bonchev–Trinajstić information content (AvgIpc) is 3.24. The van der Waals surface area contributed by atoms with Crippen LogP contribution in [0.4, 0.5) is 5.95 Å². The van der Waals surface area contributed by atoms with Gasteiger partial charge in [-0.15, -0.1) is 10.2 Å². The maximum Gasteiger partial charge on any atom is 0.233 e. The Bertz CT molecular complexity index is 1120. The fourth-order valence-electron chi connectivity index (χ4n) is 3.38. The Morgan fingerprint density at radius 2 is 1.86 bits per heavy atom. The van der Waals surface area contributed by atoms with Gasteiger partial charge in [0.15, 0.2) is 0 Å². The molecule has 0 amide bonds. The third-order valence-corrected chi connectivity index (χ3v) is 4.89. The standard InChI is InChI=1S/C20H19N7O2/c1-28-16-3-2-15(25-26-16)14-12-22-19-17(13-4-6-21-7-5-13)23-20(24-18(14)19)27-8-10-29-11-9-27/h2-7,12,22H,8-11H2,1H3. The van der Waals surface area contributed by atoms with Crippen molar-refractivity contribution < 1.29 is 9.47 Å². The van der Waals surface area contributed by atoms with Crippen molar-refractivity contribution in [2.75, 3.05) is 38.3 Å². The van der Waals surface area contributed by atoms with Gasteiger partial charge in [-0.25, -0.2) is 9.97 Å². The molecule has 146 valence electrons. The predicted molar refractivity (Wildman–Crippen MR) is 108 cm³/mol. The number of hydrogen-bond acceptors (Lipinski definition) is 8. The van der Waals surface area contributed by atoms with Gasteiger partial charge in [0.2, 0.25) is 11.8 Å². The molecule has 1 N–H and O–H groups in total. The molecular weight excluding hydrogens is 370 g/mol. The molecule has 1 aliphatic heterocycles. The Morgan fingerprint density at radius 3 is 2.59 bits per heavy atom. The lowest BCUT2D eigenvalue weighted by atomic mass is 10.1. The lowest BCUT2D eigenvalue weighted by Crippen LogP contribution is -2.37. The number of hydrogen-bond donors (Lipinski definition) is 1. The van der Waals surface area contributed by atoms with Gasteiger partial charge in [-0.3, -0.25) is 4.98 Å². The second-order valence-corrected chi connectivity index (χ2v) is 6.59. The molecule has 1 saturated heterocycles. The zero-order chi connectivity index (χ0) is 19.6. The molecule has 9 heteroatoms. The van der Waals surface area contributed by atoms with Crippen molar-refractivity contribution in [3.63, 3.8) is 0 Å². The number of nitrogens with one attached hydrogen (secondary N) is 1. The first-order chi connectivity index (χ1) is 14.3. The molecule has 0 bridgehead atoms. The van der Waals surface area contributed by atoms with Crippen LogP contribution in [0.5, 0.6) is 5.88 Å². The molecule has 1 aliphatic rings. The number of methoxy groups -OCH3 is 1. The molecule has 4 aromatic rings. The smallest absolute Gasteiger partial charge is 0.233 e. The second kappa shape index (κ2) is 7.44. The third-order valence-electron chi connectivity index (χ3n) is 4.89. The Hall–Kier alpha value is -3.59. The molecule has 0 spiro atoms. The van der Waals surface area contributed by atoms with Gasteiger partial charge in [-0.1, -0.05) is 0 Å². The van der Waals surface area contributed by atoms with E-state index < -0.39 is 0 Å². The summed E-state index contributed by atoms with van der Waals surface area (Å²) in [5, 5.41) is 8.38. The minimum absolute atomic E-state index is 0.467. The van der Waals surface area contributed by atoms with Crippen LogP contribution in [0.25, 0.3) is 33.5 Å². The molecule has 5 rings (SSSR count). The highest BCUT2D eigenvalue weighted by atomic mass is 16.5. The summed E-state index contributed by atoms with van der Waals surface area (Å²) in [6.45, 7) is 2.83. The van der Waals surface area contributed by atoms with E-state index in [0.717, 1.165) is 40.9 Å². The Balaban J connectivity index is 1.69. The van der Waals surface area contributed by atoms with Crippen molar-refractivity contribution in [3.05, 3.63) is 42.9 Å². The number of H-pyrrole nitrogens is 1. The largest absolute Gasteiger partial charge is 0.480 e. The number of aromatic nitrogens is 6. The van der Waals surface area contributed by atoms with Crippen molar-refractivity contribution in [2.45, 2.75) is 0 Å². The summed E-state index contributed by atoms with van der Waals surface area (Å²) in [5.41, 5.74) is 5.02. The fourth-order valence-corrected chi connectivity index (χ4v) is 3.38. The Morgan fingerprint density at radius 1 is 1.03 bits per heavy atom. The van der Waals surface area contributed by atoms with Crippen molar-refractivity contribution in [3.8, 4) is 28.4 Å². The molecule has 4 aromatic heterocycles. The predicted octanol–water partition coefficient (Wildman–Crippen LogP) is 2.32. The maximum absolute atomic E-state index is 5.48. The first-order valence-electron chi connectivity index (χ1n) is 9.34. The molecule has 5 heterocycles. The van der Waals surface area contributed by atoms with Crippen LogP contribution < -0.4 is 9.64 Å². The van der Waals surface area contributed by atoms with E-state index in [2.05, 4.69) is 25.1 Å². The van der Waals surface area contributed by atoms with E-state index in [9.17, 15) is 0 Å². The van der Waals surface area contributed by atoms with E-state index in [1.165, 1.54) is 0 Å². The maximum atomic E-state index is 5.48. The summed E-state index contributed by atoms with van der Waals surface area (Å²) in [6.07, 6.45) is 5.41. The van der Waals surface area contributed by atoms with Crippen LogP contribution in [0.1, 0.15) is 0 Å². The van der Waals surface area contributed by atoms with Gasteiger partial charge in [0.1, 0.15) is 11.2 Å². The zero-order valence-corrected chi connectivity index (χ0v) is 15.9. The molecule has 0 radical (unpaired) electrons. The summed E-state index contributed by atoms with van der Waals surface area (Å²) < 4.78 is 10.6. The van der Waals surface area contributed by atoms with Crippen molar-refractivity contribution in [2.24, 2.45) is 0 Å². The van der Waals surface area contributed by atoms with Gasteiger partial charge in [0, 0.05) is 48.9 Å². The number of rotatable bonds is 4. The van der Waals surface area contributed by atoms with Crippen LogP contribution >= 0.6 is 0 Å². The van der Waals surface area contributed by atoms with E-state index in [0.29, 0.717) is 30.7 Å². The van der Waals surface area contributed by atoms with Crippen LogP contribution in [0, 0.1) is 0 Å². The molecule has 0 atom stereocenters. The summed E-state index contributed by atoms with van der Waals surface area (Å²) in [4.78, 5) is 19.3. The highest BCUT2D eigenvalue weighted by molar-refractivity contribution is 5.99. The highest BCUT2D eigenvalue weighted by Crippen LogP contribution is 2.33. The molecule has 0 aromatic carbocycles. The van der Waals surface area contributed by atoms with Gasteiger partial charge < -0.3 is 19.4 Å². The van der Waals surface area contributed by atoms with Crippen LogP contribution in [-0.2, 0) is 4.74 Å². The van der Waals surface area contributed by atoms with E-state index in [-0.39, 0.29) is 0 Å². The minimum Gasteiger partial charge on any atom is -0.480 e. The first-order valence-corrected chi connectivity index (χ1v) is 9.34. The molecular formula is C20H19N7O2. The zero-order valence-electron chi connectivity index (χ0n) is 15.9. The molecule has 0 aliphatic carbocycles. The first kappa shape index (κ1) is 17.5. The molecule has 0 saturated carbocycles. The highest BCUT2D eigenvalue weighted by Gasteiger charge is 2.21. The summed E-state index contributed by atoms with van der Waals surface area (Å²) in [5.74, 6) is 1.14. The SMILES string of the molecule is COc1ccc(-c2c[nH]c3c(-c4ccncc4)nc(N4CCOCC4)nc23)nn1. The number of fused-ring (bicyclic) bond motifs is 1. The summed E-state index contributed by atoms with van der Waals surface area (Å²) in [7, 11) is 1.57. The van der Waals surface area contributed by atoms with Crippen molar-refractivity contribution in [1.29, 1.82) is 0 Å². The molecule has 29 heavy (non-hydrogen) atoms. The van der Waals surface area contributed by atoms with Crippen molar-refractivity contribution >= 4 is 17.0 Å². The molecule has 9 nitrogen and oxygen atoms in total. The Kier molecular flexibility index (Phi) is 4.49. The van der Waals surface area contributed by atoms with Crippen LogP contribution in [0.15, 0.2) is 42.9 Å². The van der Waals surface area contributed by atoms with Gasteiger partial charge in [-0.05, 0) is 18.2 Å². The van der Waals surface area contributed by atoms with Gasteiger partial charge in [0.05, 0.1) is 31.5 Å². The monoisotopic (exact) mass is 389 g/mol. The third kappa shape index (κ3) is 3.25. The topological polar surface area (TPSA) is 102 Å². The van der Waals surface area contributed by atoms with E-state index in [4.69, 9.17) is 19.4 Å². The minimum atomic E-state index is 0.467. The fraction of sp³-hybridized carbons (Fsp3) is 0.250. The summed E-state index contributed by atoms with van der Waals surface area (Å²) >= 11 is 0. The average molecular weight is 389 g/mol.